The highest BCUT2D eigenvalue weighted by molar-refractivity contribution is 7.92. The molecule has 0 radical (unpaired) electrons. The van der Waals surface area contributed by atoms with Gasteiger partial charge in [0, 0.05) is 13.0 Å². The Balaban J connectivity index is 1.57. The van der Waals surface area contributed by atoms with Crippen LogP contribution in [-0.2, 0) is 27.7 Å². The lowest BCUT2D eigenvalue weighted by Gasteiger charge is -2.09. The standard InChI is InChI=1S/C21H23N3O4S/c1-2-28-21(25)15-7-10-17(11-8-15)29(26,27)23-16-9-12-19-18(14-16)22-20-6-4-3-5-13-24(19)20/h7-12,14,23H,2-6,13H2,1H3. The number of imidazole rings is 1. The molecule has 0 fully saturated rings. The summed E-state index contributed by atoms with van der Waals surface area (Å²) < 4.78 is 35.2. The van der Waals surface area contributed by atoms with E-state index < -0.39 is 16.0 Å². The molecule has 3 aromatic rings. The number of ether oxygens (including phenoxy) is 1. The normalized spacial score (nSPS) is 14.2. The number of nitrogens with zero attached hydrogens (tertiary/aromatic N) is 2. The number of carbonyl (C=O) groups excluding carboxylic acids is 1. The van der Waals surface area contributed by atoms with Crippen LogP contribution < -0.4 is 4.72 Å². The molecule has 0 saturated carbocycles. The first-order chi connectivity index (χ1) is 14.0. The smallest absolute Gasteiger partial charge is 0.338 e. The third-order valence-electron chi connectivity index (χ3n) is 5.04. The molecule has 1 aliphatic heterocycles. The van der Waals surface area contributed by atoms with Crippen LogP contribution in [-0.4, -0.2) is 30.5 Å². The molecule has 2 heterocycles. The van der Waals surface area contributed by atoms with E-state index in [1.165, 1.54) is 30.7 Å². The summed E-state index contributed by atoms with van der Waals surface area (Å²) in [6.07, 6.45) is 4.42. The van der Waals surface area contributed by atoms with Gasteiger partial charge in [0.1, 0.15) is 5.82 Å². The van der Waals surface area contributed by atoms with Crippen LogP contribution in [0.2, 0.25) is 0 Å². The van der Waals surface area contributed by atoms with Crippen molar-refractivity contribution in [2.45, 2.75) is 44.0 Å². The minimum absolute atomic E-state index is 0.0752. The number of fused-ring (bicyclic) bond motifs is 3. The number of carbonyl (C=O) groups is 1. The third-order valence-corrected chi connectivity index (χ3v) is 6.43. The molecule has 1 aliphatic rings. The fourth-order valence-corrected chi connectivity index (χ4v) is 4.66. The Morgan fingerprint density at radius 2 is 1.93 bits per heavy atom. The van der Waals surface area contributed by atoms with Gasteiger partial charge in [0.25, 0.3) is 10.0 Å². The van der Waals surface area contributed by atoms with E-state index in [1.54, 1.807) is 19.1 Å². The quantitative estimate of drug-likeness (QED) is 0.644. The van der Waals surface area contributed by atoms with Gasteiger partial charge in [-0.1, -0.05) is 6.42 Å². The summed E-state index contributed by atoms with van der Waals surface area (Å²) in [7, 11) is -3.78. The summed E-state index contributed by atoms with van der Waals surface area (Å²) in [4.78, 5) is 16.5. The minimum Gasteiger partial charge on any atom is -0.462 e. The molecule has 0 amide bonds. The summed E-state index contributed by atoms with van der Waals surface area (Å²) in [6.45, 7) is 2.93. The zero-order chi connectivity index (χ0) is 20.4. The monoisotopic (exact) mass is 413 g/mol. The maximum Gasteiger partial charge on any atom is 0.338 e. The van der Waals surface area contributed by atoms with Crippen LogP contribution in [0.15, 0.2) is 47.4 Å². The molecular formula is C21H23N3O4S. The van der Waals surface area contributed by atoms with Crippen molar-refractivity contribution in [3.05, 3.63) is 53.9 Å². The van der Waals surface area contributed by atoms with Gasteiger partial charge in [-0.3, -0.25) is 4.72 Å². The zero-order valence-corrected chi connectivity index (χ0v) is 17.0. The summed E-state index contributed by atoms with van der Waals surface area (Å²) in [5, 5.41) is 0. The maximum absolute atomic E-state index is 12.7. The molecule has 0 aliphatic carbocycles. The van der Waals surface area contributed by atoms with Crippen LogP contribution in [0.1, 0.15) is 42.4 Å². The number of anilines is 1. The fourth-order valence-electron chi connectivity index (χ4n) is 3.61. The largest absolute Gasteiger partial charge is 0.462 e. The van der Waals surface area contributed by atoms with Crippen LogP contribution in [0.3, 0.4) is 0 Å². The van der Waals surface area contributed by atoms with E-state index in [0.717, 1.165) is 42.7 Å². The molecule has 0 spiro atoms. The maximum atomic E-state index is 12.7. The lowest BCUT2D eigenvalue weighted by Crippen LogP contribution is -2.13. The fraction of sp³-hybridized carbons (Fsp3) is 0.333. The van der Waals surface area contributed by atoms with Gasteiger partial charge in [0.05, 0.1) is 33.8 Å². The number of sulfonamides is 1. The highest BCUT2D eigenvalue weighted by atomic mass is 32.2. The zero-order valence-electron chi connectivity index (χ0n) is 16.2. The Bertz CT molecular complexity index is 1150. The molecule has 1 N–H and O–H groups in total. The van der Waals surface area contributed by atoms with Crippen molar-refractivity contribution in [2.75, 3.05) is 11.3 Å². The van der Waals surface area contributed by atoms with Crippen molar-refractivity contribution >= 4 is 32.7 Å². The van der Waals surface area contributed by atoms with E-state index in [4.69, 9.17) is 9.72 Å². The average molecular weight is 413 g/mol. The molecule has 2 aromatic carbocycles. The Kier molecular flexibility index (Phi) is 5.27. The van der Waals surface area contributed by atoms with Crippen molar-refractivity contribution < 1.29 is 17.9 Å². The Labute approximate surface area is 169 Å². The van der Waals surface area contributed by atoms with Crippen LogP contribution in [0.5, 0.6) is 0 Å². The van der Waals surface area contributed by atoms with Crippen LogP contribution in [0.4, 0.5) is 5.69 Å². The van der Waals surface area contributed by atoms with Crippen molar-refractivity contribution in [1.82, 2.24) is 9.55 Å². The predicted octanol–water partition coefficient (Wildman–Crippen LogP) is 3.74. The van der Waals surface area contributed by atoms with Crippen LogP contribution in [0.25, 0.3) is 11.0 Å². The first-order valence-electron chi connectivity index (χ1n) is 9.77. The molecule has 7 nitrogen and oxygen atoms in total. The lowest BCUT2D eigenvalue weighted by molar-refractivity contribution is 0.0526. The molecule has 8 heteroatoms. The van der Waals surface area contributed by atoms with E-state index in [9.17, 15) is 13.2 Å². The Hall–Kier alpha value is -2.87. The lowest BCUT2D eigenvalue weighted by atomic mass is 10.2. The summed E-state index contributed by atoms with van der Waals surface area (Å²) in [5.74, 6) is 0.585. The van der Waals surface area contributed by atoms with Gasteiger partial charge >= 0.3 is 5.97 Å². The van der Waals surface area contributed by atoms with E-state index in [0.29, 0.717) is 11.3 Å². The van der Waals surface area contributed by atoms with Crippen molar-refractivity contribution in [3.63, 3.8) is 0 Å². The molecule has 152 valence electrons. The van der Waals surface area contributed by atoms with E-state index in [-0.39, 0.29) is 11.5 Å². The second kappa shape index (κ2) is 7.87. The molecule has 0 atom stereocenters. The second-order valence-corrected chi connectivity index (χ2v) is 8.73. The summed E-state index contributed by atoms with van der Waals surface area (Å²) in [6, 6.07) is 11.1. The number of rotatable bonds is 5. The predicted molar refractivity (Wildman–Crippen MR) is 110 cm³/mol. The number of benzene rings is 2. The molecule has 0 bridgehead atoms. The number of nitrogens with one attached hydrogen (secondary N) is 1. The molecule has 4 rings (SSSR count). The Morgan fingerprint density at radius 1 is 1.14 bits per heavy atom. The number of hydrogen-bond donors (Lipinski definition) is 1. The van der Waals surface area contributed by atoms with Gasteiger partial charge < -0.3 is 9.30 Å². The average Bonchev–Trinajstić information content (AvgIpc) is 2.88. The SMILES string of the molecule is CCOC(=O)c1ccc(S(=O)(=O)Nc2ccc3c(c2)nc2n3CCCCC2)cc1. The van der Waals surface area contributed by atoms with E-state index in [1.807, 2.05) is 6.07 Å². The topological polar surface area (TPSA) is 90.3 Å². The molecule has 29 heavy (non-hydrogen) atoms. The van der Waals surface area contributed by atoms with Crippen LogP contribution in [0, 0.1) is 0 Å². The number of aryl methyl sites for hydroxylation is 2. The highest BCUT2D eigenvalue weighted by Gasteiger charge is 2.18. The second-order valence-electron chi connectivity index (χ2n) is 7.04. The number of esters is 1. The van der Waals surface area contributed by atoms with Crippen LogP contribution >= 0.6 is 0 Å². The molecular weight excluding hydrogens is 390 g/mol. The summed E-state index contributed by atoms with van der Waals surface area (Å²) >= 11 is 0. The molecule has 0 unspecified atom stereocenters. The van der Waals surface area contributed by atoms with Gasteiger partial charge in [0.15, 0.2) is 0 Å². The van der Waals surface area contributed by atoms with Gasteiger partial charge in [-0.2, -0.15) is 0 Å². The van der Waals surface area contributed by atoms with Crippen molar-refractivity contribution in [3.8, 4) is 0 Å². The van der Waals surface area contributed by atoms with E-state index in [2.05, 4.69) is 9.29 Å². The molecule has 0 saturated heterocycles. The first kappa shape index (κ1) is 19.4. The van der Waals surface area contributed by atoms with Crippen molar-refractivity contribution in [2.24, 2.45) is 0 Å². The highest BCUT2D eigenvalue weighted by Crippen LogP contribution is 2.25. The number of hydrogen-bond acceptors (Lipinski definition) is 5. The number of aromatic nitrogens is 2. The van der Waals surface area contributed by atoms with Crippen molar-refractivity contribution in [1.29, 1.82) is 0 Å². The van der Waals surface area contributed by atoms with Gasteiger partial charge in [0.2, 0.25) is 0 Å². The first-order valence-corrected chi connectivity index (χ1v) is 11.3. The van der Waals surface area contributed by atoms with Gasteiger partial charge in [-0.25, -0.2) is 18.2 Å². The summed E-state index contributed by atoms with van der Waals surface area (Å²) in [5.41, 5.74) is 2.59. The van der Waals surface area contributed by atoms with E-state index >= 15 is 0 Å². The minimum atomic E-state index is -3.78. The van der Waals surface area contributed by atoms with Gasteiger partial charge in [-0.15, -0.1) is 0 Å². The van der Waals surface area contributed by atoms with Gasteiger partial charge in [-0.05, 0) is 62.2 Å². The Morgan fingerprint density at radius 3 is 2.69 bits per heavy atom. The molecule has 1 aromatic heterocycles. The third kappa shape index (κ3) is 3.98.